The van der Waals surface area contributed by atoms with Gasteiger partial charge in [-0.1, -0.05) is 25.1 Å². The lowest BCUT2D eigenvalue weighted by Gasteiger charge is -2.22. The van der Waals surface area contributed by atoms with Gasteiger partial charge in [-0.2, -0.15) is 5.10 Å². The number of amides is 1. The molecule has 0 spiro atoms. The lowest BCUT2D eigenvalue weighted by molar-refractivity contribution is -0.121. The van der Waals surface area contributed by atoms with Crippen molar-refractivity contribution < 1.29 is 4.79 Å². The monoisotopic (exact) mass is 326 g/mol. The molecule has 1 aliphatic rings. The Labute approximate surface area is 143 Å². The number of para-hydroxylation sites is 1. The van der Waals surface area contributed by atoms with Crippen molar-refractivity contribution in [2.75, 3.05) is 19.6 Å². The first-order valence-electron chi connectivity index (χ1n) is 8.86. The van der Waals surface area contributed by atoms with E-state index in [4.69, 9.17) is 0 Å². The Morgan fingerprint density at radius 1 is 1.33 bits per heavy atom. The number of likely N-dealkylation sites (tertiary alicyclic amines) is 1. The molecule has 1 aromatic heterocycles. The minimum absolute atomic E-state index is 0.130. The molecule has 1 amide bonds. The summed E-state index contributed by atoms with van der Waals surface area (Å²) in [6.45, 7) is 5.19. The molecule has 1 N–H and O–H groups in total. The van der Waals surface area contributed by atoms with Crippen molar-refractivity contribution in [3.05, 3.63) is 48.3 Å². The molecule has 2 aromatic rings. The standard InChI is InChI=1S/C19H26N4O/c1-2-22-12-6-9-18(22)14-20-19(24)11-10-16-13-21-23(15-16)17-7-4-3-5-8-17/h3-5,7-8,13,15,18H,2,6,9-12,14H2,1H3,(H,20,24). The number of hydrogen-bond donors (Lipinski definition) is 1. The number of hydrogen-bond acceptors (Lipinski definition) is 3. The third-order valence-corrected chi connectivity index (χ3v) is 4.74. The number of carbonyl (C=O) groups excluding carboxylic acids is 1. The van der Waals surface area contributed by atoms with E-state index in [2.05, 4.69) is 22.2 Å². The van der Waals surface area contributed by atoms with Gasteiger partial charge in [-0.15, -0.1) is 0 Å². The van der Waals surface area contributed by atoms with Crippen LogP contribution < -0.4 is 5.32 Å². The lowest BCUT2D eigenvalue weighted by Crippen LogP contribution is -2.40. The molecule has 0 radical (unpaired) electrons. The second kappa shape index (κ2) is 8.11. The van der Waals surface area contributed by atoms with Crippen molar-refractivity contribution in [3.8, 4) is 5.69 Å². The van der Waals surface area contributed by atoms with Gasteiger partial charge in [0.05, 0.1) is 11.9 Å². The second-order valence-electron chi connectivity index (χ2n) is 6.36. The number of aromatic nitrogens is 2. The molecule has 1 atom stereocenters. The molecule has 3 rings (SSSR count). The van der Waals surface area contributed by atoms with Gasteiger partial charge in [0.25, 0.3) is 0 Å². The average Bonchev–Trinajstić information content (AvgIpc) is 3.28. The SMILES string of the molecule is CCN1CCCC1CNC(=O)CCc1cnn(-c2ccccc2)c1. The Balaban J connectivity index is 1.44. The zero-order chi connectivity index (χ0) is 16.8. The summed E-state index contributed by atoms with van der Waals surface area (Å²) in [6, 6.07) is 10.5. The average molecular weight is 326 g/mol. The molecule has 1 aliphatic heterocycles. The summed E-state index contributed by atoms with van der Waals surface area (Å²) in [6.07, 6.45) is 7.51. The van der Waals surface area contributed by atoms with Crippen LogP contribution in [0.3, 0.4) is 0 Å². The van der Waals surface area contributed by atoms with E-state index >= 15 is 0 Å². The summed E-state index contributed by atoms with van der Waals surface area (Å²) in [5.74, 6) is 0.130. The molecule has 24 heavy (non-hydrogen) atoms. The number of aryl methyl sites for hydroxylation is 1. The van der Waals surface area contributed by atoms with E-state index in [1.54, 1.807) is 0 Å². The van der Waals surface area contributed by atoms with E-state index in [0.29, 0.717) is 12.5 Å². The third kappa shape index (κ3) is 4.23. The van der Waals surface area contributed by atoms with Crippen molar-refractivity contribution in [1.82, 2.24) is 20.0 Å². The summed E-state index contributed by atoms with van der Waals surface area (Å²) >= 11 is 0. The van der Waals surface area contributed by atoms with Crippen LogP contribution in [0.1, 0.15) is 31.7 Å². The molecule has 1 saturated heterocycles. The van der Waals surface area contributed by atoms with Crippen LogP contribution in [0.4, 0.5) is 0 Å². The fourth-order valence-electron chi connectivity index (χ4n) is 3.33. The Kier molecular flexibility index (Phi) is 5.64. The van der Waals surface area contributed by atoms with Crippen molar-refractivity contribution in [2.24, 2.45) is 0 Å². The summed E-state index contributed by atoms with van der Waals surface area (Å²) < 4.78 is 1.85. The van der Waals surface area contributed by atoms with Gasteiger partial charge in [-0.25, -0.2) is 4.68 Å². The fraction of sp³-hybridized carbons (Fsp3) is 0.474. The van der Waals surface area contributed by atoms with Gasteiger partial charge in [0.2, 0.25) is 5.91 Å². The largest absolute Gasteiger partial charge is 0.355 e. The predicted octanol–water partition coefficient (Wildman–Crippen LogP) is 2.41. The van der Waals surface area contributed by atoms with Crippen LogP contribution in [0.2, 0.25) is 0 Å². The molecule has 0 aliphatic carbocycles. The minimum atomic E-state index is 0.130. The molecule has 0 bridgehead atoms. The highest BCUT2D eigenvalue weighted by atomic mass is 16.1. The Bertz CT molecular complexity index is 652. The number of rotatable bonds is 7. The zero-order valence-corrected chi connectivity index (χ0v) is 14.3. The first kappa shape index (κ1) is 16.7. The molecule has 1 unspecified atom stereocenters. The van der Waals surface area contributed by atoms with E-state index in [-0.39, 0.29) is 5.91 Å². The molecule has 1 aromatic carbocycles. The Hall–Kier alpha value is -2.14. The van der Waals surface area contributed by atoms with E-state index in [1.165, 1.54) is 12.8 Å². The van der Waals surface area contributed by atoms with Crippen molar-refractivity contribution in [2.45, 2.75) is 38.6 Å². The number of carbonyl (C=O) groups is 1. The van der Waals surface area contributed by atoms with E-state index in [0.717, 1.165) is 37.3 Å². The number of likely N-dealkylation sites (N-methyl/N-ethyl adjacent to an activating group) is 1. The maximum absolute atomic E-state index is 12.1. The molecule has 0 saturated carbocycles. The first-order chi connectivity index (χ1) is 11.8. The summed E-state index contributed by atoms with van der Waals surface area (Å²) in [5.41, 5.74) is 2.12. The van der Waals surface area contributed by atoms with E-state index < -0.39 is 0 Å². The normalized spacial score (nSPS) is 18.0. The van der Waals surface area contributed by atoms with Crippen LogP contribution in [0, 0.1) is 0 Å². The van der Waals surface area contributed by atoms with Crippen LogP contribution in [0.15, 0.2) is 42.7 Å². The third-order valence-electron chi connectivity index (χ3n) is 4.74. The quantitative estimate of drug-likeness (QED) is 0.850. The van der Waals surface area contributed by atoms with Gasteiger partial charge < -0.3 is 5.32 Å². The van der Waals surface area contributed by atoms with Gasteiger partial charge in [-0.3, -0.25) is 9.69 Å². The molecule has 5 nitrogen and oxygen atoms in total. The maximum atomic E-state index is 12.1. The first-order valence-corrected chi connectivity index (χ1v) is 8.86. The Morgan fingerprint density at radius 3 is 2.96 bits per heavy atom. The number of benzene rings is 1. The molecule has 5 heteroatoms. The van der Waals surface area contributed by atoms with Gasteiger partial charge in [0.15, 0.2) is 0 Å². The van der Waals surface area contributed by atoms with E-state index in [9.17, 15) is 4.79 Å². The van der Waals surface area contributed by atoms with Crippen molar-refractivity contribution in [1.29, 1.82) is 0 Å². The summed E-state index contributed by atoms with van der Waals surface area (Å²) in [7, 11) is 0. The van der Waals surface area contributed by atoms with E-state index in [1.807, 2.05) is 47.4 Å². The van der Waals surface area contributed by atoms with Gasteiger partial charge in [0.1, 0.15) is 0 Å². The van der Waals surface area contributed by atoms with Crippen LogP contribution in [0.5, 0.6) is 0 Å². The fourth-order valence-corrected chi connectivity index (χ4v) is 3.33. The van der Waals surface area contributed by atoms with Crippen LogP contribution in [0.25, 0.3) is 5.69 Å². The van der Waals surface area contributed by atoms with Crippen molar-refractivity contribution >= 4 is 5.91 Å². The highest BCUT2D eigenvalue weighted by molar-refractivity contribution is 5.76. The van der Waals surface area contributed by atoms with Gasteiger partial charge >= 0.3 is 0 Å². The van der Waals surface area contributed by atoms with Crippen molar-refractivity contribution in [3.63, 3.8) is 0 Å². The molecule has 1 fully saturated rings. The number of nitrogens with one attached hydrogen (secondary N) is 1. The van der Waals surface area contributed by atoms with Crippen LogP contribution in [-0.4, -0.2) is 46.3 Å². The molecular weight excluding hydrogens is 300 g/mol. The highest BCUT2D eigenvalue weighted by Crippen LogP contribution is 2.15. The predicted molar refractivity (Wildman–Crippen MR) is 95.2 cm³/mol. The second-order valence-corrected chi connectivity index (χ2v) is 6.36. The van der Waals surface area contributed by atoms with Gasteiger partial charge in [-0.05, 0) is 50.0 Å². The highest BCUT2D eigenvalue weighted by Gasteiger charge is 2.22. The molecular formula is C19H26N4O. The smallest absolute Gasteiger partial charge is 0.220 e. The van der Waals surface area contributed by atoms with Crippen LogP contribution in [-0.2, 0) is 11.2 Å². The molecule has 2 heterocycles. The summed E-state index contributed by atoms with van der Waals surface area (Å²) in [4.78, 5) is 14.5. The zero-order valence-electron chi connectivity index (χ0n) is 14.3. The van der Waals surface area contributed by atoms with Crippen LogP contribution >= 0.6 is 0 Å². The number of nitrogens with zero attached hydrogens (tertiary/aromatic N) is 3. The van der Waals surface area contributed by atoms with Gasteiger partial charge in [0, 0.05) is 25.2 Å². The molecule has 128 valence electrons. The lowest BCUT2D eigenvalue weighted by atomic mass is 10.2. The maximum Gasteiger partial charge on any atom is 0.220 e. The topological polar surface area (TPSA) is 50.2 Å². The minimum Gasteiger partial charge on any atom is -0.355 e. The summed E-state index contributed by atoms with van der Waals surface area (Å²) in [5, 5.41) is 7.46. The Morgan fingerprint density at radius 2 is 2.17 bits per heavy atom.